The van der Waals surface area contributed by atoms with Crippen molar-refractivity contribution in [1.82, 2.24) is 4.90 Å². The minimum absolute atomic E-state index is 0.0241. The Morgan fingerprint density at radius 1 is 1.45 bits per heavy atom. The molecule has 2 unspecified atom stereocenters. The number of fused-ring (bicyclic) bond motifs is 1. The average Bonchev–Trinajstić information content (AvgIpc) is 3.26. The number of methoxy groups -OCH3 is 1. The van der Waals surface area contributed by atoms with Crippen LogP contribution in [0.4, 0.5) is 8.78 Å². The minimum atomic E-state index is -2.94. The number of halogens is 2. The van der Waals surface area contributed by atoms with Crippen molar-refractivity contribution in [2.75, 3.05) is 20.3 Å². The summed E-state index contributed by atoms with van der Waals surface area (Å²) in [4.78, 5) is 14.2. The molecule has 3 rings (SSSR count). The molecule has 0 N–H and O–H groups in total. The first-order chi connectivity index (χ1) is 10.6. The fraction of sp³-hybridized carbons (Fsp3) is 0.533. The molecule has 0 bridgehead atoms. The second kappa shape index (κ2) is 6.08. The molecule has 1 saturated carbocycles. The van der Waals surface area contributed by atoms with Gasteiger partial charge in [0.15, 0.2) is 11.5 Å². The van der Waals surface area contributed by atoms with E-state index in [9.17, 15) is 13.6 Å². The smallest absolute Gasteiger partial charge is 0.387 e. The van der Waals surface area contributed by atoms with Crippen molar-refractivity contribution in [2.45, 2.75) is 31.6 Å². The van der Waals surface area contributed by atoms with E-state index in [0.717, 1.165) is 6.42 Å². The topological polar surface area (TPSA) is 48.0 Å². The molecule has 0 aromatic heterocycles. The quantitative estimate of drug-likeness (QED) is 0.832. The third-order valence-corrected chi connectivity index (χ3v) is 3.88. The van der Waals surface area contributed by atoms with Gasteiger partial charge in [-0.3, -0.25) is 4.79 Å². The predicted molar refractivity (Wildman–Crippen MR) is 73.2 cm³/mol. The number of morpholine rings is 1. The van der Waals surface area contributed by atoms with Gasteiger partial charge in [-0.2, -0.15) is 8.78 Å². The Morgan fingerprint density at radius 3 is 3.00 bits per heavy atom. The van der Waals surface area contributed by atoms with Crippen LogP contribution >= 0.6 is 0 Å². The first kappa shape index (κ1) is 15.0. The van der Waals surface area contributed by atoms with Gasteiger partial charge in [0.1, 0.15) is 0 Å². The van der Waals surface area contributed by atoms with E-state index >= 15 is 0 Å². The maximum absolute atomic E-state index is 12.4. The van der Waals surface area contributed by atoms with Crippen molar-refractivity contribution >= 4 is 5.91 Å². The minimum Gasteiger partial charge on any atom is -0.493 e. The lowest BCUT2D eigenvalue weighted by atomic mass is 10.1. The van der Waals surface area contributed by atoms with Crippen molar-refractivity contribution in [3.8, 4) is 11.5 Å². The maximum Gasteiger partial charge on any atom is 0.387 e. The summed E-state index contributed by atoms with van der Waals surface area (Å²) >= 11 is 0. The molecule has 0 spiro atoms. The first-order valence-corrected chi connectivity index (χ1v) is 7.11. The van der Waals surface area contributed by atoms with E-state index in [0.29, 0.717) is 18.7 Å². The number of amides is 1. The van der Waals surface area contributed by atoms with Crippen LogP contribution in [0, 0.1) is 0 Å². The van der Waals surface area contributed by atoms with E-state index in [2.05, 4.69) is 4.74 Å². The SMILES string of the molecule is COc1ccc(CC(=O)N2CCOC3CC32)cc1OC(F)F. The van der Waals surface area contributed by atoms with Crippen molar-refractivity contribution in [2.24, 2.45) is 0 Å². The molecule has 1 aliphatic carbocycles. The lowest BCUT2D eigenvalue weighted by Gasteiger charge is -2.26. The van der Waals surface area contributed by atoms with Crippen molar-refractivity contribution in [1.29, 1.82) is 0 Å². The normalized spacial score (nSPS) is 23.2. The number of ether oxygens (including phenoxy) is 3. The van der Waals surface area contributed by atoms with E-state index in [1.54, 1.807) is 6.07 Å². The van der Waals surface area contributed by atoms with E-state index < -0.39 is 6.61 Å². The lowest BCUT2D eigenvalue weighted by molar-refractivity contribution is -0.134. The molecule has 120 valence electrons. The summed E-state index contributed by atoms with van der Waals surface area (Å²) in [5, 5.41) is 0. The number of hydrogen-bond donors (Lipinski definition) is 0. The van der Waals surface area contributed by atoms with Crippen LogP contribution in [0.15, 0.2) is 18.2 Å². The van der Waals surface area contributed by atoms with Gasteiger partial charge >= 0.3 is 6.61 Å². The molecule has 2 fully saturated rings. The monoisotopic (exact) mass is 313 g/mol. The Morgan fingerprint density at radius 2 is 2.27 bits per heavy atom. The molecule has 1 heterocycles. The summed E-state index contributed by atoms with van der Waals surface area (Å²) in [7, 11) is 1.37. The van der Waals surface area contributed by atoms with Gasteiger partial charge in [0.25, 0.3) is 0 Å². The summed E-state index contributed by atoms with van der Waals surface area (Å²) in [5.41, 5.74) is 0.616. The Balaban J connectivity index is 1.70. The fourth-order valence-electron chi connectivity index (χ4n) is 2.74. The van der Waals surface area contributed by atoms with Gasteiger partial charge in [-0.05, 0) is 24.1 Å². The highest BCUT2D eigenvalue weighted by Gasteiger charge is 2.47. The molecule has 1 saturated heterocycles. The molecule has 1 aliphatic heterocycles. The van der Waals surface area contributed by atoms with E-state index in [1.807, 2.05) is 4.90 Å². The predicted octanol–water partition coefficient (Wildman–Crippen LogP) is 1.84. The van der Waals surface area contributed by atoms with Gasteiger partial charge in [0.2, 0.25) is 5.91 Å². The van der Waals surface area contributed by atoms with E-state index in [-0.39, 0.29) is 36.0 Å². The van der Waals surface area contributed by atoms with Crippen LogP contribution in [-0.2, 0) is 16.0 Å². The molecule has 2 atom stereocenters. The van der Waals surface area contributed by atoms with E-state index in [4.69, 9.17) is 9.47 Å². The zero-order valence-electron chi connectivity index (χ0n) is 12.1. The Hall–Kier alpha value is -1.89. The summed E-state index contributed by atoms with van der Waals surface area (Å²) in [6.07, 6.45) is 1.20. The van der Waals surface area contributed by atoms with Crippen LogP contribution in [0.1, 0.15) is 12.0 Å². The standard InChI is InChI=1S/C15H17F2NO4/c1-20-11-3-2-9(6-13(11)22-15(16)17)7-14(19)18-4-5-21-12-8-10(12)18/h2-3,6,10,12,15H,4-5,7-8H2,1H3. The zero-order valence-corrected chi connectivity index (χ0v) is 12.1. The molecule has 22 heavy (non-hydrogen) atoms. The number of carbonyl (C=O) groups is 1. The van der Waals surface area contributed by atoms with E-state index in [1.165, 1.54) is 19.2 Å². The van der Waals surface area contributed by atoms with Crippen LogP contribution in [-0.4, -0.2) is 49.8 Å². The number of benzene rings is 1. The molecule has 1 aromatic rings. The van der Waals surface area contributed by atoms with Gasteiger partial charge in [0, 0.05) is 6.54 Å². The number of carbonyl (C=O) groups excluding carboxylic acids is 1. The average molecular weight is 313 g/mol. The van der Waals surface area contributed by atoms with Gasteiger partial charge in [-0.15, -0.1) is 0 Å². The highest BCUT2D eigenvalue weighted by Crippen LogP contribution is 2.35. The summed E-state index contributed by atoms with van der Waals surface area (Å²) in [6.45, 7) is -1.81. The number of rotatable bonds is 5. The molecular weight excluding hydrogens is 296 g/mol. The molecule has 2 aliphatic rings. The maximum atomic E-state index is 12.4. The largest absolute Gasteiger partial charge is 0.493 e. The number of hydrogen-bond acceptors (Lipinski definition) is 4. The van der Waals surface area contributed by atoms with Crippen molar-refractivity contribution < 1.29 is 27.8 Å². The van der Waals surface area contributed by atoms with Gasteiger partial charge < -0.3 is 19.1 Å². The fourth-order valence-corrected chi connectivity index (χ4v) is 2.74. The van der Waals surface area contributed by atoms with Crippen LogP contribution < -0.4 is 9.47 Å². The summed E-state index contributed by atoms with van der Waals surface area (Å²) in [5.74, 6) is 0.128. The Labute approximate surface area is 126 Å². The number of alkyl halides is 2. The molecule has 7 heteroatoms. The molecule has 1 amide bonds. The van der Waals surface area contributed by atoms with Gasteiger partial charge in [-0.25, -0.2) is 0 Å². The van der Waals surface area contributed by atoms with Crippen LogP contribution in [0.3, 0.4) is 0 Å². The summed E-state index contributed by atoms with van der Waals surface area (Å²) < 4.78 is 39.7. The van der Waals surface area contributed by atoms with Crippen LogP contribution in [0.2, 0.25) is 0 Å². The lowest BCUT2D eigenvalue weighted by Crippen LogP contribution is -2.42. The summed E-state index contributed by atoms with van der Waals surface area (Å²) in [6, 6.07) is 4.81. The van der Waals surface area contributed by atoms with Crippen LogP contribution in [0.25, 0.3) is 0 Å². The Kier molecular flexibility index (Phi) is 4.15. The second-order valence-electron chi connectivity index (χ2n) is 5.34. The van der Waals surface area contributed by atoms with Crippen molar-refractivity contribution in [3.05, 3.63) is 23.8 Å². The van der Waals surface area contributed by atoms with Crippen molar-refractivity contribution in [3.63, 3.8) is 0 Å². The van der Waals surface area contributed by atoms with Gasteiger partial charge in [0.05, 0.1) is 32.3 Å². The highest BCUT2D eigenvalue weighted by atomic mass is 19.3. The van der Waals surface area contributed by atoms with Gasteiger partial charge in [-0.1, -0.05) is 6.07 Å². The highest BCUT2D eigenvalue weighted by molar-refractivity contribution is 5.80. The third kappa shape index (κ3) is 3.14. The number of nitrogens with zero attached hydrogens (tertiary/aromatic N) is 1. The third-order valence-electron chi connectivity index (χ3n) is 3.88. The molecule has 0 radical (unpaired) electrons. The van der Waals surface area contributed by atoms with Crippen LogP contribution in [0.5, 0.6) is 11.5 Å². The molecule has 5 nitrogen and oxygen atoms in total. The Bertz CT molecular complexity index is 566. The molecular formula is C15H17F2NO4. The first-order valence-electron chi connectivity index (χ1n) is 7.11. The zero-order chi connectivity index (χ0) is 15.7. The molecule has 1 aromatic carbocycles. The second-order valence-corrected chi connectivity index (χ2v) is 5.34.